The molecule has 1 aromatic heterocycles. The Balaban J connectivity index is 1.47. The SMILES string of the molecule is CCOC(=O)ON1CCN(C(=O)[C@H](CCC(=O)O)NC(=O)c2cc(OCC3CC3)nc(-c3ccccc3)n2)CC1. The fourth-order valence-corrected chi connectivity index (χ4v) is 4.05. The zero-order chi connectivity index (χ0) is 28.5. The molecule has 0 unspecified atom stereocenters. The van der Waals surface area contributed by atoms with E-state index in [9.17, 15) is 24.3 Å². The summed E-state index contributed by atoms with van der Waals surface area (Å²) in [5.74, 6) is -1.17. The third-order valence-electron chi connectivity index (χ3n) is 6.40. The molecule has 2 aromatic rings. The van der Waals surface area contributed by atoms with Crippen LogP contribution >= 0.6 is 0 Å². The van der Waals surface area contributed by atoms with Crippen molar-refractivity contribution in [1.82, 2.24) is 25.2 Å². The summed E-state index contributed by atoms with van der Waals surface area (Å²) in [6, 6.07) is 9.45. The summed E-state index contributed by atoms with van der Waals surface area (Å²) in [6.45, 7) is 3.21. The lowest BCUT2D eigenvalue weighted by Crippen LogP contribution is -2.55. The van der Waals surface area contributed by atoms with E-state index in [-0.39, 0.29) is 57.2 Å². The largest absolute Gasteiger partial charge is 0.527 e. The predicted octanol–water partition coefficient (Wildman–Crippen LogP) is 2.13. The summed E-state index contributed by atoms with van der Waals surface area (Å²) in [5.41, 5.74) is 0.690. The number of nitrogens with one attached hydrogen (secondary N) is 1. The maximum absolute atomic E-state index is 13.4. The number of nitrogens with zero attached hydrogens (tertiary/aromatic N) is 4. The summed E-state index contributed by atoms with van der Waals surface area (Å²) in [6.07, 6.45) is 0.911. The Morgan fingerprint density at radius 1 is 1.07 bits per heavy atom. The van der Waals surface area contributed by atoms with E-state index in [1.54, 1.807) is 6.92 Å². The first-order valence-electron chi connectivity index (χ1n) is 13.3. The monoisotopic (exact) mass is 555 g/mol. The number of carbonyl (C=O) groups excluding carboxylic acids is 3. The zero-order valence-electron chi connectivity index (χ0n) is 22.3. The molecule has 2 fully saturated rings. The van der Waals surface area contributed by atoms with Gasteiger partial charge < -0.3 is 29.6 Å². The molecule has 4 rings (SSSR count). The molecule has 2 heterocycles. The van der Waals surface area contributed by atoms with Crippen LogP contribution in [-0.2, 0) is 19.2 Å². The summed E-state index contributed by atoms with van der Waals surface area (Å²) in [4.78, 5) is 65.0. The lowest BCUT2D eigenvalue weighted by molar-refractivity contribution is -0.157. The van der Waals surface area contributed by atoms with Gasteiger partial charge in [0.2, 0.25) is 11.8 Å². The van der Waals surface area contributed by atoms with Gasteiger partial charge in [-0.05, 0) is 32.1 Å². The second-order valence-corrected chi connectivity index (χ2v) is 9.52. The molecule has 40 heavy (non-hydrogen) atoms. The molecule has 2 N–H and O–H groups in total. The molecule has 2 amide bonds. The van der Waals surface area contributed by atoms with Crippen LogP contribution in [0.4, 0.5) is 4.79 Å². The van der Waals surface area contributed by atoms with E-state index in [1.165, 1.54) is 16.0 Å². The van der Waals surface area contributed by atoms with Gasteiger partial charge in [0, 0.05) is 31.1 Å². The van der Waals surface area contributed by atoms with E-state index in [1.807, 2.05) is 30.3 Å². The van der Waals surface area contributed by atoms with E-state index in [4.69, 9.17) is 14.3 Å². The Hall–Kier alpha value is -4.26. The summed E-state index contributed by atoms with van der Waals surface area (Å²) in [7, 11) is 0. The standard InChI is InChI=1S/C27H33N5O8/c1-2-38-27(37)40-32-14-12-31(13-15-32)26(36)20(10-11-23(33)34)29-25(35)21-16-22(39-17-18-8-9-18)30-24(28-21)19-6-4-3-5-7-19/h3-7,16,18,20H,2,8-15,17H2,1H3,(H,29,35)(H,33,34)/t20-/m0/s1. The number of aliphatic carboxylic acids is 1. The van der Waals surface area contributed by atoms with Crippen molar-refractivity contribution in [3.63, 3.8) is 0 Å². The molecular formula is C27H33N5O8. The van der Waals surface area contributed by atoms with Crippen LogP contribution in [0.15, 0.2) is 36.4 Å². The predicted molar refractivity (Wildman–Crippen MR) is 140 cm³/mol. The van der Waals surface area contributed by atoms with Crippen LogP contribution in [0.2, 0.25) is 0 Å². The Kier molecular flexibility index (Phi) is 9.84. The van der Waals surface area contributed by atoms with Gasteiger partial charge in [0.15, 0.2) is 5.82 Å². The number of carbonyl (C=O) groups is 4. The number of hydrogen-bond acceptors (Lipinski definition) is 10. The van der Waals surface area contributed by atoms with Crippen molar-refractivity contribution in [2.45, 2.75) is 38.6 Å². The number of carboxylic acid groups (broad SMARTS) is 1. The van der Waals surface area contributed by atoms with E-state index in [0.717, 1.165) is 12.8 Å². The van der Waals surface area contributed by atoms with Crippen LogP contribution in [0, 0.1) is 5.92 Å². The van der Waals surface area contributed by atoms with Gasteiger partial charge in [-0.15, -0.1) is 5.06 Å². The number of rotatable bonds is 12. The number of aromatic nitrogens is 2. The van der Waals surface area contributed by atoms with Crippen molar-refractivity contribution >= 4 is 23.9 Å². The van der Waals surface area contributed by atoms with Gasteiger partial charge in [-0.3, -0.25) is 14.4 Å². The molecule has 2 aliphatic rings. The van der Waals surface area contributed by atoms with Gasteiger partial charge in [-0.1, -0.05) is 30.3 Å². The summed E-state index contributed by atoms with van der Waals surface area (Å²) in [5, 5.41) is 13.3. The van der Waals surface area contributed by atoms with Crippen molar-refractivity contribution in [2.75, 3.05) is 39.4 Å². The van der Waals surface area contributed by atoms with Crippen LogP contribution < -0.4 is 10.1 Å². The molecule has 1 aliphatic heterocycles. The van der Waals surface area contributed by atoms with Gasteiger partial charge in [0.25, 0.3) is 5.91 Å². The third kappa shape index (κ3) is 8.37. The topological polar surface area (TPSA) is 160 Å². The second-order valence-electron chi connectivity index (χ2n) is 9.52. The van der Waals surface area contributed by atoms with Crippen molar-refractivity contribution in [3.8, 4) is 17.3 Å². The highest BCUT2D eigenvalue weighted by Crippen LogP contribution is 2.29. The normalized spacial score (nSPS) is 16.1. The number of hydrogen-bond donors (Lipinski definition) is 2. The van der Waals surface area contributed by atoms with Crippen molar-refractivity contribution < 1.29 is 38.6 Å². The average molecular weight is 556 g/mol. The first-order valence-corrected chi connectivity index (χ1v) is 13.3. The molecule has 0 bridgehead atoms. The minimum absolute atomic E-state index is 0.000399. The van der Waals surface area contributed by atoms with E-state index in [0.29, 0.717) is 23.9 Å². The van der Waals surface area contributed by atoms with Gasteiger partial charge in [0.1, 0.15) is 11.7 Å². The average Bonchev–Trinajstić information content (AvgIpc) is 3.79. The number of carboxylic acids is 1. The Labute approximate surface area is 231 Å². The van der Waals surface area contributed by atoms with Crippen molar-refractivity contribution in [2.24, 2.45) is 5.92 Å². The highest BCUT2D eigenvalue weighted by atomic mass is 16.8. The Bertz CT molecular complexity index is 1200. The van der Waals surface area contributed by atoms with E-state index < -0.39 is 30.0 Å². The first-order chi connectivity index (χ1) is 19.3. The highest BCUT2D eigenvalue weighted by molar-refractivity contribution is 5.96. The minimum atomic E-state index is -1.10. The molecule has 0 spiro atoms. The molecule has 1 saturated carbocycles. The van der Waals surface area contributed by atoms with E-state index in [2.05, 4.69) is 15.3 Å². The smallest absolute Gasteiger partial charge is 0.481 e. The third-order valence-corrected chi connectivity index (χ3v) is 6.40. The van der Waals surface area contributed by atoms with Crippen LogP contribution in [0.3, 0.4) is 0 Å². The first kappa shape index (κ1) is 28.7. The molecular weight excluding hydrogens is 522 g/mol. The van der Waals surface area contributed by atoms with Crippen molar-refractivity contribution in [1.29, 1.82) is 0 Å². The number of benzene rings is 1. The number of hydroxylamine groups is 2. The number of amides is 2. The van der Waals surface area contributed by atoms with Crippen LogP contribution in [0.1, 0.15) is 43.1 Å². The molecule has 1 aromatic carbocycles. The van der Waals surface area contributed by atoms with E-state index >= 15 is 0 Å². The zero-order valence-corrected chi connectivity index (χ0v) is 22.3. The fraction of sp³-hybridized carbons (Fsp3) is 0.481. The number of piperazine rings is 1. The fourth-order valence-electron chi connectivity index (χ4n) is 4.05. The quantitative estimate of drug-likeness (QED) is 0.369. The number of ether oxygens (including phenoxy) is 2. The summed E-state index contributed by atoms with van der Waals surface area (Å²) >= 11 is 0. The lowest BCUT2D eigenvalue weighted by atomic mass is 10.1. The van der Waals surface area contributed by atoms with Crippen LogP contribution in [0.25, 0.3) is 11.4 Å². The summed E-state index contributed by atoms with van der Waals surface area (Å²) < 4.78 is 10.6. The lowest BCUT2D eigenvalue weighted by Gasteiger charge is -2.35. The molecule has 1 atom stereocenters. The van der Waals surface area contributed by atoms with Gasteiger partial charge in [0.05, 0.1) is 26.3 Å². The molecule has 13 heteroatoms. The molecule has 13 nitrogen and oxygen atoms in total. The van der Waals surface area contributed by atoms with Gasteiger partial charge >= 0.3 is 12.1 Å². The molecule has 0 radical (unpaired) electrons. The maximum atomic E-state index is 13.4. The minimum Gasteiger partial charge on any atom is -0.481 e. The highest BCUT2D eigenvalue weighted by Gasteiger charge is 2.31. The van der Waals surface area contributed by atoms with Gasteiger partial charge in [-0.25, -0.2) is 9.78 Å². The maximum Gasteiger partial charge on any atom is 0.527 e. The van der Waals surface area contributed by atoms with Gasteiger partial charge in [-0.2, -0.15) is 4.98 Å². The second kappa shape index (κ2) is 13.7. The Morgan fingerprint density at radius 3 is 2.45 bits per heavy atom. The van der Waals surface area contributed by atoms with Crippen molar-refractivity contribution in [3.05, 3.63) is 42.1 Å². The molecule has 1 saturated heterocycles. The van der Waals surface area contributed by atoms with Crippen LogP contribution in [0.5, 0.6) is 5.88 Å². The Morgan fingerprint density at radius 2 is 1.80 bits per heavy atom. The molecule has 1 aliphatic carbocycles. The molecule has 214 valence electrons. The van der Waals surface area contributed by atoms with Crippen LogP contribution in [-0.4, -0.2) is 94.4 Å².